The van der Waals surface area contributed by atoms with E-state index in [0.717, 1.165) is 5.56 Å². The zero-order chi connectivity index (χ0) is 18.8. The third kappa shape index (κ3) is 3.70. The summed E-state index contributed by atoms with van der Waals surface area (Å²) < 4.78 is 4.07. The standard InChI is InChI=1S/C14H14Br2N8O2/c1-23-6-7(4-18-23)3-17-14(26)11-8(5-19-24(11)2)20-13(25)10-9(15)12(16)22-21-10/h4-6H,3H2,1-2H3,(H,17,26)(H,20,25)(H,21,22). The van der Waals surface area contributed by atoms with E-state index in [4.69, 9.17) is 0 Å². The van der Waals surface area contributed by atoms with E-state index in [1.165, 1.54) is 10.9 Å². The summed E-state index contributed by atoms with van der Waals surface area (Å²) in [4.78, 5) is 24.9. The number of H-pyrrole nitrogens is 1. The molecule has 0 unspecified atom stereocenters. The van der Waals surface area contributed by atoms with Crippen molar-refractivity contribution in [1.82, 2.24) is 35.1 Å². The van der Waals surface area contributed by atoms with Crippen LogP contribution in [-0.2, 0) is 20.6 Å². The number of aromatic nitrogens is 6. The molecule has 2 amide bonds. The molecule has 12 heteroatoms. The van der Waals surface area contributed by atoms with Crippen LogP contribution in [0, 0.1) is 0 Å². The van der Waals surface area contributed by atoms with Crippen LogP contribution in [0.25, 0.3) is 0 Å². The molecule has 0 fully saturated rings. The fraction of sp³-hybridized carbons (Fsp3) is 0.214. The highest BCUT2D eigenvalue weighted by molar-refractivity contribution is 9.13. The van der Waals surface area contributed by atoms with E-state index >= 15 is 0 Å². The molecule has 0 saturated carbocycles. The third-order valence-electron chi connectivity index (χ3n) is 3.50. The van der Waals surface area contributed by atoms with Gasteiger partial charge in [-0.2, -0.15) is 15.3 Å². The normalized spacial score (nSPS) is 10.8. The van der Waals surface area contributed by atoms with Gasteiger partial charge in [-0.1, -0.05) is 0 Å². The molecule has 0 saturated heterocycles. The molecule has 0 aliphatic rings. The summed E-state index contributed by atoms with van der Waals surface area (Å²) in [6.07, 6.45) is 4.88. The van der Waals surface area contributed by atoms with E-state index < -0.39 is 5.91 Å². The van der Waals surface area contributed by atoms with E-state index in [0.29, 0.717) is 15.6 Å². The number of carbonyl (C=O) groups excluding carboxylic acids is 2. The molecular formula is C14H14Br2N8O2. The quantitative estimate of drug-likeness (QED) is 0.506. The second-order valence-corrected chi connectivity index (χ2v) is 6.98. The van der Waals surface area contributed by atoms with E-state index in [9.17, 15) is 9.59 Å². The van der Waals surface area contributed by atoms with Gasteiger partial charge in [-0.3, -0.25) is 24.1 Å². The van der Waals surface area contributed by atoms with Crippen LogP contribution in [0.1, 0.15) is 26.5 Å². The average molecular weight is 486 g/mol. The number of hydrogen-bond acceptors (Lipinski definition) is 5. The van der Waals surface area contributed by atoms with Crippen LogP contribution in [0.4, 0.5) is 5.69 Å². The number of carbonyl (C=O) groups is 2. The number of amides is 2. The maximum Gasteiger partial charge on any atom is 0.277 e. The maximum atomic E-state index is 12.5. The summed E-state index contributed by atoms with van der Waals surface area (Å²) in [6, 6.07) is 0. The Labute approximate surface area is 164 Å². The Morgan fingerprint density at radius 1 is 1.19 bits per heavy atom. The van der Waals surface area contributed by atoms with Crippen molar-refractivity contribution in [3.05, 3.63) is 44.6 Å². The number of anilines is 1. The molecule has 0 bridgehead atoms. The van der Waals surface area contributed by atoms with Gasteiger partial charge in [0.1, 0.15) is 10.3 Å². The number of aryl methyl sites for hydroxylation is 2. The molecule has 0 radical (unpaired) electrons. The molecule has 0 atom stereocenters. The van der Waals surface area contributed by atoms with E-state index in [1.807, 2.05) is 0 Å². The Morgan fingerprint density at radius 2 is 1.96 bits per heavy atom. The average Bonchev–Trinajstić information content (AvgIpc) is 3.27. The zero-order valence-corrected chi connectivity index (χ0v) is 16.9. The Balaban J connectivity index is 1.74. The first-order chi connectivity index (χ1) is 12.4. The number of rotatable bonds is 5. The Kier molecular flexibility index (Phi) is 5.23. The van der Waals surface area contributed by atoms with Crippen LogP contribution in [0.15, 0.2) is 27.7 Å². The van der Waals surface area contributed by atoms with Crippen molar-refractivity contribution < 1.29 is 9.59 Å². The molecule has 10 nitrogen and oxygen atoms in total. The highest BCUT2D eigenvalue weighted by Crippen LogP contribution is 2.25. The second-order valence-electron chi connectivity index (χ2n) is 5.39. The van der Waals surface area contributed by atoms with Crippen LogP contribution in [0.2, 0.25) is 0 Å². The molecule has 0 aliphatic carbocycles. The highest BCUT2D eigenvalue weighted by atomic mass is 79.9. The number of aromatic amines is 1. The third-order valence-corrected chi connectivity index (χ3v) is 5.37. The molecule has 0 aliphatic heterocycles. The smallest absolute Gasteiger partial charge is 0.277 e. The van der Waals surface area contributed by atoms with E-state index in [-0.39, 0.29) is 23.0 Å². The molecule has 3 rings (SSSR count). The number of nitrogens with one attached hydrogen (secondary N) is 3. The molecule has 3 heterocycles. The maximum absolute atomic E-state index is 12.5. The molecule has 0 spiro atoms. The van der Waals surface area contributed by atoms with Gasteiger partial charge in [0.25, 0.3) is 11.8 Å². The van der Waals surface area contributed by atoms with Gasteiger partial charge < -0.3 is 10.6 Å². The topological polar surface area (TPSA) is 123 Å². The lowest BCUT2D eigenvalue weighted by atomic mass is 10.3. The zero-order valence-electron chi connectivity index (χ0n) is 13.7. The van der Waals surface area contributed by atoms with Crippen LogP contribution >= 0.6 is 31.9 Å². The van der Waals surface area contributed by atoms with Gasteiger partial charge in [0.05, 0.1) is 22.6 Å². The molecule has 136 valence electrons. The van der Waals surface area contributed by atoms with Gasteiger partial charge in [0.15, 0.2) is 5.69 Å². The molecular weight excluding hydrogens is 472 g/mol. The minimum atomic E-state index is -0.479. The largest absolute Gasteiger partial charge is 0.346 e. The van der Waals surface area contributed by atoms with Crippen LogP contribution in [-0.4, -0.2) is 41.6 Å². The summed E-state index contributed by atoms with van der Waals surface area (Å²) >= 11 is 6.48. The van der Waals surface area contributed by atoms with Crippen molar-refractivity contribution in [2.75, 3.05) is 5.32 Å². The molecule has 0 aromatic carbocycles. The fourth-order valence-corrected chi connectivity index (χ4v) is 2.90. The van der Waals surface area contributed by atoms with Crippen LogP contribution < -0.4 is 10.6 Å². The first kappa shape index (κ1) is 18.3. The highest BCUT2D eigenvalue weighted by Gasteiger charge is 2.22. The van der Waals surface area contributed by atoms with Gasteiger partial charge in [-0.05, 0) is 31.9 Å². The van der Waals surface area contributed by atoms with Crippen LogP contribution in [0.5, 0.6) is 0 Å². The summed E-state index contributed by atoms with van der Waals surface area (Å²) in [5, 5.41) is 20.1. The Hall–Kier alpha value is -2.47. The van der Waals surface area contributed by atoms with Gasteiger partial charge >= 0.3 is 0 Å². The van der Waals surface area contributed by atoms with Gasteiger partial charge in [0.2, 0.25) is 0 Å². The first-order valence-electron chi connectivity index (χ1n) is 7.35. The lowest BCUT2D eigenvalue weighted by Crippen LogP contribution is -2.26. The summed E-state index contributed by atoms with van der Waals surface area (Å²) in [5.41, 5.74) is 1.53. The predicted molar refractivity (Wildman–Crippen MR) is 99.5 cm³/mol. The van der Waals surface area contributed by atoms with Gasteiger partial charge in [0, 0.05) is 32.4 Å². The Morgan fingerprint density at radius 3 is 2.58 bits per heavy atom. The van der Waals surface area contributed by atoms with Crippen molar-refractivity contribution in [3.63, 3.8) is 0 Å². The SMILES string of the molecule is Cn1cc(CNC(=O)c2c(NC(=O)c3n[nH]c(Br)c3Br)cnn2C)cn1. The molecule has 3 N–H and O–H groups in total. The van der Waals surface area contributed by atoms with Gasteiger partial charge in [-0.25, -0.2) is 0 Å². The minimum Gasteiger partial charge on any atom is -0.346 e. The molecule has 26 heavy (non-hydrogen) atoms. The molecule has 3 aromatic heterocycles. The fourth-order valence-electron chi connectivity index (χ4n) is 2.27. The van der Waals surface area contributed by atoms with Crippen molar-refractivity contribution in [1.29, 1.82) is 0 Å². The van der Waals surface area contributed by atoms with Gasteiger partial charge in [-0.15, -0.1) is 0 Å². The van der Waals surface area contributed by atoms with E-state index in [1.54, 1.807) is 31.2 Å². The van der Waals surface area contributed by atoms with Crippen molar-refractivity contribution in [3.8, 4) is 0 Å². The van der Waals surface area contributed by atoms with Crippen molar-refractivity contribution >= 4 is 49.4 Å². The predicted octanol–water partition coefficient (Wildman–Crippen LogP) is 1.58. The van der Waals surface area contributed by atoms with E-state index in [2.05, 4.69) is 62.9 Å². The first-order valence-corrected chi connectivity index (χ1v) is 8.94. The number of halogens is 2. The van der Waals surface area contributed by atoms with Crippen molar-refractivity contribution in [2.24, 2.45) is 14.1 Å². The van der Waals surface area contributed by atoms with Crippen molar-refractivity contribution in [2.45, 2.75) is 6.54 Å². The lowest BCUT2D eigenvalue weighted by molar-refractivity contribution is 0.0942. The monoisotopic (exact) mass is 484 g/mol. The summed E-state index contributed by atoms with van der Waals surface area (Å²) in [5.74, 6) is -0.848. The molecule has 3 aromatic rings. The lowest BCUT2D eigenvalue weighted by Gasteiger charge is -2.08. The Bertz CT molecular complexity index is 974. The van der Waals surface area contributed by atoms with Crippen LogP contribution in [0.3, 0.4) is 0 Å². The second kappa shape index (κ2) is 7.41. The minimum absolute atomic E-state index is 0.155. The number of nitrogens with zero attached hydrogens (tertiary/aromatic N) is 5. The number of hydrogen-bond donors (Lipinski definition) is 3. The summed E-state index contributed by atoms with van der Waals surface area (Å²) in [7, 11) is 3.42. The summed E-state index contributed by atoms with van der Waals surface area (Å²) in [6.45, 7) is 0.309.